The zero-order chi connectivity index (χ0) is 13.4. The molecule has 0 saturated carbocycles. The van der Waals surface area contributed by atoms with E-state index in [9.17, 15) is 4.79 Å². The fraction of sp³-hybridized carbons (Fsp3) is 0.462. The van der Waals surface area contributed by atoms with E-state index in [2.05, 4.69) is 10.6 Å². The van der Waals surface area contributed by atoms with E-state index >= 15 is 0 Å². The number of amides is 1. The van der Waals surface area contributed by atoms with Crippen molar-refractivity contribution in [1.82, 2.24) is 5.32 Å². The normalized spacial score (nSPS) is 9.94. The van der Waals surface area contributed by atoms with E-state index < -0.39 is 0 Å². The minimum Gasteiger partial charge on any atom is -0.497 e. The largest absolute Gasteiger partial charge is 0.497 e. The van der Waals surface area contributed by atoms with Crippen molar-refractivity contribution in [3.8, 4) is 11.5 Å². The van der Waals surface area contributed by atoms with Crippen LogP contribution in [0.25, 0.3) is 0 Å². The van der Waals surface area contributed by atoms with Crippen LogP contribution in [0.3, 0.4) is 0 Å². The summed E-state index contributed by atoms with van der Waals surface area (Å²) in [5.74, 6) is 1.27. The van der Waals surface area contributed by atoms with Gasteiger partial charge in [-0.05, 0) is 32.1 Å². The summed E-state index contributed by atoms with van der Waals surface area (Å²) in [6.45, 7) is 0.822. The molecule has 100 valence electrons. The maximum Gasteiger partial charge on any atom is 0.224 e. The number of ether oxygens (including phenoxy) is 2. The topological polar surface area (TPSA) is 59.6 Å². The first-order valence-corrected chi connectivity index (χ1v) is 5.87. The van der Waals surface area contributed by atoms with Gasteiger partial charge >= 0.3 is 0 Å². The van der Waals surface area contributed by atoms with Crippen LogP contribution in [0.2, 0.25) is 0 Å². The SMILES string of the molecule is CNCCCC(=O)Nc1cc(OC)ccc1OC. The van der Waals surface area contributed by atoms with Crippen LogP contribution in [0, 0.1) is 0 Å². The average Bonchev–Trinajstić information content (AvgIpc) is 2.39. The second kappa shape index (κ2) is 7.55. The lowest BCUT2D eigenvalue weighted by molar-refractivity contribution is -0.116. The minimum absolute atomic E-state index is 0.0307. The molecule has 0 saturated heterocycles. The van der Waals surface area contributed by atoms with Crippen molar-refractivity contribution in [3.63, 3.8) is 0 Å². The van der Waals surface area contributed by atoms with Crippen molar-refractivity contribution >= 4 is 11.6 Å². The molecule has 0 unspecified atom stereocenters. The molecule has 0 heterocycles. The predicted molar refractivity (Wildman–Crippen MR) is 71.3 cm³/mol. The molecular weight excluding hydrogens is 232 g/mol. The highest BCUT2D eigenvalue weighted by Crippen LogP contribution is 2.28. The molecule has 1 aromatic carbocycles. The van der Waals surface area contributed by atoms with Crippen LogP contribution >= 0.6 is 0 Å². The summed E-state index contributed by atoms with van der Waals surface area (Å²) >= 11 is 0. The smallest absolute Gasteiger partial charge is 0.224 e. The summed E-state index contributed by atoms with van der Waals surface area (Å²) in [7, 11) is 5.02. The summed E-state index contributed by atoms with van der Waals surface area (Å²) in [5.41, 5.74) is 0.631. The first-order valence-electron chi connectivity index (χ1n) is 5.87. The molecule has 0 bridgehead atoms. The molecule has 0 aromatic heterocycles. The molecule has 5 nitrogen and oxygen atoms in total. The number of benzene rings is 1. The predicted octanol–water partition coefficient (Wildman–Crippen LogP) is 1.64. The fourth-order valence-electron chi connectivity index (χ4n) is 1.55. The van der Waals surface area contributed by atoms with E-state index in [0.717, 1.165) is 13.0 Å². The van der Waals surface area contributed by atoms with Gasteiger partial charge in [0.05, 0.1) is 19.9 Å². The molecule has 1 amide bonds. The van der Waals surface area contributed by atoms with Gasteiger partial charge in [-0.25, -0.2) is 0 Å². The Morgan fingerprint density at radius 2 is 2.06 bits per heavy atom. The summed E-state index contributed by atoms with van der Waals surface area (Å²) < 4.78 is 10.3. The fourth-order valence-corrected chi connectivity index (χ4v) is 1.55. The van der Waals surface area contributed by atoms with Gasteiger partial charge in [-0.2, -0.15) is 0 Å². The Hall–Kier alpha value is -1.75. The summed E-state index contributed by atoms with van der Waals surface area (Å²) in [6.07, 6.45) is 1.27. The number of anilines is 1. The third-order valence-corrected chi connectivity index (χ3v) is 2.51. The second-order valence-corrected chi connectivity index (χ2v) is 3.82. The molecule has 0 atom stereocenters. The number of hydrogen-bond acceptors (Lipinski definition) is 4. The number of carbonyl (C=O) groups excluding carboxylic acids is 1. The summed E-state index contributed by atoms with van der Waals surface area (Å²) in [4.78, 5) is 11.7. The van der Waals surface area contributed by atoms with Gasteiger partial charge < -0.3 is 20.1 Å². The van der Waals surface area contributed by atoms with Crippen molar-refractivity contribution < 1.29 is 14.3 Å². The molecule has 2 N–H and O–H groups in total. The van der Waals surface area contributed by atoms with Gasteiger partial charge in [-0.1, -0.05) is 0 Å². The molecule has 0 aliphatic rings. The number of carbonyl (C=O) groups is 1. The lowest BCUT2D eigenvalue weighted by Crippen LogP contribution is -2.15. The van der Waals surface area contributed by atoms with Gasteiger partial charge in [0.1, 0.15) is 11.5 Å². The molecule has 0 spiro atoms. The molecule has 0 radical (unpaired) electrons. The lowest BCUT2D eigenvalue weighted by Gasteiger charge is -2.11. The zero-order valence-electron chi connectivity index (χ0n) is 11.1. The standard InChI is InChI=1S/C13H20N2O3/c1-14-8-4-5-13(16)15-11-9-10(17-2)6-7-12(11)18-3/h6-7,9,14H,4-5,8H2,1-3H3,(H,15,16). The Balaban J connectivity index is 2.66. The van der Waals surface area contributed by atoms with Crippen LogP contribution in [0.4, 0.5) is 5.69 Å². The van der Waals surface area contributed by atoms with Crippen LogP contribution in [-0.2, 0) is 4.79 Å². The second-order valence-electron chi connectivity index (χ2n) is 3.82. The van der Waals surface area contributed by atoms with Crippen LogP contribution < -0.4 is 20.1 Å². The van der Waals surface area contributed by atoms with E-state index in [1.165, 1.54) is 0 Å². The van der Waals surface area contributed by atoms with Gasteiger partial charge in [0.15, 0.2) is 0 Å². The molecule has 0 aliphatic heterocycles. The van der Waals surface area contributed by atoms with Gasteiger partial charge in [-0.3, -0.25) is 4.79 Å². The summed E-state index contributed by atoms with van der Waals surface area (Å²) in [6, 6.07) is 5.30. The Bertz CT molecular complexity index is 394. The third kappa shape index (κ3) is 4.25. The van der Waals surface area contributed by atoms with Gasteiger partial charge in [-0.15, -0.1) is 0 Å². The van der Waals surface area contributed by atoms with E-state index in [1.54, 1.807) is 32.4 Å². The highest BCUT2D eigenvalue weighted by Gasteiger charge is 2.08. The van der Waals surface area contributed by atoms with Gasteiger partial charge in [0, 0.05) is 12.5 Å². The zero-order valence-corrected chi connectivity index (χ0v) is 11.1. The van der Waals surface area contributed by atoms with E-state index in [1.807, 2.05) is 7.05 Å². The molecule has 1 aromatic rings. The van der Waals surface area contributed by atoms with Crippen LogP contribution in [0.15, 0.2) is 18.2 Å². The van der Waals surface area contributed by atoms with Crippen LogP contribution in [0.1, 0.15) is 12.8 Å². The average molecular weight is 252 g/mol. The van der Waals surface area contributed by atoms with Crippen LogP contribution in [-0.4, -0.2) is 33.7 Å². The van der Waals surface area contributed by atoms with Crippen LogP contribution in [0.5, 0.6) is 11.5 Å². The lowest BCUT2D eigenvalue weighted by atomic mass is 10.2. The number of nitrogens with one attached hydrogen (secondary N) is 2. The molecule has 5 heteroatoms. The molecular formula is C13H20N2O3. The maximum absolute atomic E-state index is 11.7. The molecule has 0 fully saturated rings. The highest BCUT2D eigenvalue weighted by molar-refractivity contribution is 5.92. The van der Waals surface area contributed by atoms with Crippen molar-refractivity contribution in [1.29, 1.82) is 0 Å². The maximum atomic E-state index is 11.7. The molecule has 0 aliphatic carbocycles. The van der Waals surface area contributed by atoms with Crippen molar-refractivity contribution in [3.05, 3.63) is 18.2 Å². The van der Waals surface area contributed by atoms with Gasteiger partial charge in [0.25, 0.3) is 0 Å². The Labute approximate surface area is 107 Å². The Morgan fingerprint density at radius 3 is 2.67 bits per heavy atom. The van der Waals surface area contributed by atoms with Crippen molar-refractivity contribution in [2.45, 2.75) is 12.8 Å². The minimum atomic E-state index is -0.0307. The molecule has 1 rings (SSSR count). The highest BCUT2D eigenvalue weighted by atomic mass is 16.5. The first kappa shape index (κ1) is 14.3. The quantitative estimate of drug-likeness (QED) is 0.724. The number of hydrogen-bond donors (Lipinski definition) is 2. The number of rotatable bonds is 7. The van der Waals surface area contributed by atoms with E-state index in [4.69, 9.17) is 9.47 Å². The Kier molecular flexibility index (Phi) is 6.00. The Morgan fingerprint density at radius 1 is 1.28 bits per heavy atom. The first-order chi connectivity index (χ1) is 8.71. The monoisotopic (exact) mass is 252 g/mol. The van der Waals surface area contributed by atoms with E-state index in [-0.39, 0.29) is 5.91 Å². The van der Waals surface area contributed by atoms with E-state index in [0.29, 0.717) is 23.6 Å². The molecule has 18 heavy (non-hydrogen) atoms. The third-order valence-electron chi connectivity index (χ3n) is 2.51. The summed E-state index contributed by atoms with van der Waals surface area (Å²) in [5, 5.41) is 5.83. The van der Waals surface area contributed by atoms with Crippen molar-refractivity contribution in [2.75, 3.05) is 33.1 Å². The van der Waals surface area contributed by atoms with Gasteiger partial charge in [0.2, 0.25) is 5.91 Å². The van der Waals surface area contributed by atoms with Crippen molar-refractivity contribution in [2.24, 2.45) is 0 Å². The number of methoxy groups -OCH3 is 2.